The number of pyridine rings is 12. The van der Waals surface area contributed by atoms with Gasteiger partial charge in [-0.3, -0.25) is 0 Å². The summed E-state index contributed by atoms with van der Waals surface area (Å²) in [6.45, 7) is 2.19. The monoisotopic (exact) mass is 1350 g/mol. The van der Waals surface area contributed by atoms with Crippen molar-refractivity contribution in [2.75, 3.05) is 0 Å². The lowest BCUT2D eigenvalue weighted by atomic mass is 10.0. The fourth-order valence-corrected chi connectivity index (χ4v) is 14.2. The van der Waals surface area contributed by atoms with Gasteiger partial charge in [0.05, 0.1) is 5.39 Å². The van der Waals surface area contributed by atoms with E-state index in [1.807, 2.05) is 0 Å². The van der Waals surface area contributed by atoms with Crippen LogP contribution in [0.15, 0.2) is 322 Å². The maximum atomic E-state index is 2.28. The van der Waals surface area contributed by atoms with Gasteiger partial charge in [-0.2, -0.15) is 54.8 Å². The first-order valence-corrected chi connectivity index (χ1v) is 35.0. The van der Waals surface area contributed by atoms with Gasteiger partial charge < -0.3 is 0 Å². The molecule has 0 saturated heterocycles. The third-order valence-electron chi connectivity index (χ3n) is 19.9. The van der Waals surface area contributed by atoms with Gasteiger partial charge in [0.1, 0.15) is 84.6 Å². The molecule has 0 bridgehead atoms. The van der Waals surface area contributed by atoms with E-state index < -0.39 is 0 Å². The average molecular weight is 1350 g/mol. The van der Waals surface area contributed by atoms with Gasteiger partial charge in [-0.15, -0.1) is 0 Å². The highest BCUT2D eigenvalue weighted by Gasteiger charge is 2.32. The number of para-hydroxylation sites is 1. The predicted octanol–water partition coefficient (Wildman–Crippen LogP) is 11.4. The van der Waals surface area contributed by atoms with Crippen LogP contribution in [0.3, 0.4) is 0 Å². The highest BCUT2D eigenvalue weighted by Crippen LogP contribution is 2.28. The van der Waals surface area contributed by atoms with Crippen molar-refractivity contribution in [3.05, 3.63) is 328 Å². The minimum atomic E-state index is 1.19. The van der Waals surface area contributed by atoms with Crippen molar-refractivity contribution in [1.82, 2.24) is 0 Å². The summed E-state index contributed by atoms with van der Waals surface area (Å²) in [5.41, 5.74) is 24.1. The number of benzene rings is 4. The van der Waals surface area contributed by atoms with E-state index in [4.69, 9.17) is 0 Å². The first-order valence-electron chi connectivity index (χ1n) is 35.0. The number of aromatic nitrogens is 12. The molecular weight excluding hydrogens is 1260 g/mol. The highest BCUT2D eigenvalue weighted by atomic mass is 15.1. The number of fused-ring (bicyclic) bond motifs is 3. The molecular formula is C91H92N12+12. The van der Waals surface area contributed by atoms with Crippen molar-refractivity contribution >= 4 is 32.4 Å². The van der Waals surface area contributed by atoms with Crippen LogP contribution in [0.25, 0.3) is 135 Å². The summed E-state index contributed by atoms with van der Waals surface area (Å²) >= 11 is 0. The van der Waals surface area contributed by atoms with Crippen molar-refractivity contribution in [3.63, 3.8) is 0 Å². The summed E-state index contributed by atoms with van der Waals surface area (Å²) in [7, 11) is 25.3. The van der Waals surface area contributed by atoms with E-state index >= 15 is 0 Å². The van der Waals surface area contributed by atoms with Crippen LogP contribution < -0.4 is 54.8 Å². The quantitative estimate of drug-likeness (QED) is 0.129. The summed E-state index contributed by atoms with van der Waals surface area (Å²) in [5.74, 6) is 0. The molecule has 0 amide bonds. The molecule has 12 heterocycles. The smallest absolute Gasteiger partial charge is 0.196 e. The van der Waals surface area contributed by atoms with E-state index in [0.717, 1.165) is 0 Å². The summed E-state index contributed by atoms with van der Waals surface area (Å²) < 4.78 is 26.6. The van der Waals surface area contributed by atoms with Gasteiger partial charge in [0.15, 0.2) is 43.4 Å². The molecule has 12 aromatic heterocycles. The van der Waals surface area contributed by atoms with E-state index in [-0.39, 0.29) is 0 Å². The summed E-state index contributed by atoms with van der Waals surface area (Å²) in [4.78, 5) is 0. The molecule has 504 valence electrons. The Kier molecular flexibility index (Phi) is 20.4. The topological polar surface area (TPSA) is 46.6 Å². The first kappa shape index (κ1) is 69.0. The maximum Gasteiger partial charge on any atom is 0.285 e. The predicted molar refractivity (Wildman–Crippen MR) is 406 cm³/mol. The standard InChI is InChI=1S/C25H26N3.3C22H22N3/c1-19-17-25(27(3)18-21(19)20-11-6-5-7-12-20)24-15-10-14-23(28(24)4)22-13-8-9-16-26(22)2;1-23-16-7-6-11-19(23)20-12-8-13-21(25(20)3)22-15-14-17-9-4-5-10-18(17)24(22)2;1-23-15-7-6-11-19(23)20-12-8-13-21(25(20)3)22-18-10-5-4-9-17(18)14-16-24(22)2;1-23-14-7-6-11-19(23)20-12-8-13-21(25(20)3)22-15-17-9-4-5-10-18(17)16-24(22)2/h5-18H,1-4H3;3*4-16H,1-3H3/q4*+3. The second kappa shape index (κ2) is 30.5. The van der Waals surface area contributed by atoms with Gasteiger partial charge >= 0.3 is 0 Å². The van der Waals surface area contributed by atoms with Crippen molar-refractivity contribution in [2.45, 2.75) is 6.92 Å². The minimum Gasteiger partial charge on any atom is -0.196 e. The molecule has 4 aromatic carbocycles. The summed E-state index contributed by atoms with van der Waals surface area (Å²) in [5, 5.41) is 6.28. The van der Waals surface area contributed by atoms with E-state index in [9.17, 15) is 0 Å². The fraction of sp³-hybridized carbons (Fsp3) is 0.143. The third-order valence-corrected chi connectivity index (χ3v) is 19.9. The second-order valence-corrected chi connectivity index (χ2v) is 26.5. The van der Waals surface area contributed by atoms with Crippen LogP contribution in [0.2, 0.25) is 0 Å². The molecule has 0 aliphatic carbocycles. The van der Waals surface area contributed by atoms with Crippen LogP contribution in [-0.4, -0.2) is 0 Å². The lowest BCUT2D eigenvalue weighted by molar-refractivity contribution is -0.697. The Balaban J connectivity index is 0.000000122. The van der Waals surface area contributed by atoms with Crippen molar-refractivity contribution < 1.29 is 54.8 Å². The van der Waals surface area contributed by atoms with Gasteiger partial charge in [-0.1, -0.05) is 78.9 Å². The van der Waals surface area contributed by atoms with Gasteiger partial charge in [0, 0.05) is 144 Å². The lowest BCUT2D eigenvalue weighted by Gasteiger charge is -2.08. The van der Waals surface area contributed by atoms with E-state index in [1.54, 1.807) is 0 Å². The Morgan fingerprint density at radius 2 is 0.563 bits per heavy atom. The molecule has 0 radical (unpaired) electrons. The van der Waals surface area contributed by atoms with Crippen LogP contribution in [0.5, 0.6) is 0 Å². The molecule has 16 aromatic rings. The summed E-state index contributed by atoms with van der Waals surface area (Å²) in [6.07, 6.45) is 14.9. The molecule has 0 aliphatic rings. The van der Waals surface area contributed by atoms with Crippen LogP contribution in [0, 0.1) is 6.92 Å². The Morgan fingerprint density at radius 3 is 1.06 bits per heavy atom. The Morgan fingerprint density at radius 1 is 0.204 bits per heavy atom. The number of hydrogen-bond acceptors (Lipinski definition) is 0. The van der Waals surface area contributed by atoms with E-state index in [0.29, 0.717) is 0 Å². The average Bonchev–Trinajstić information content (AvgIpc) is 0.783. The van der Waals surface area contributed by atoms with Gasteiger partial charge in [-0.25, -0.2) is 0 Å². The van der Waals surface area contributed by atoms with E-state index in [1.165, 1.54) is 140 Å². The molecule has 12 nitrogen and oxygen atoms in total. The number of nitrogens with zero attached hydrogens (tertiary/aromatic N) is 12. The zero-order valence-corrected chi connectivity index (χ0v) is 61.5. The maximum absolute atomic E-state index is 2.28. The molecule has 0 unspecified atom stereocenters. The molecule has 0 saturated carbocycles. The van der Waals surface area contributed by atoms with Crippen molar-refractivity contribution in [3.8, 4) is 102 Å². The molecule has 0 aliphatic heterocycles. The minimum absolute atomic E-state index is 1.19. The highest BCUT2D eigenvalue weighted by molar-refractivity contribution is 5.91. The second-order valence-electron chi connectivity index (χ2n) is 26.5. The normalized spacial score (nSPS) is 11.0. The zero-order valence-electron chi connectivity index (χ0n) is 61.5. The Bertz CT molecular complexity index is 5720. The van der Waals surface area contributed by atoms with Crippen LogP contribution in [0.4, 0.5) is 0 Å². The fourth-order valence-electron chi connectivity index (χ4n) is 14.2. The van der Waals surface area contributed by atoms with Gasteiger partial charge in [-0.05, 0) is 102 Å². The molecule has 0 N–H and O–H groups in total. The summed E-state index contributed by atoms with van der Waals surface area (Å²) in [6, 6.07) is 98.3. The molecule has 16 rings (SSSR count). The molecule has 12 heteroatoms. The molecule has 0 atom stereocenters. The van der Waals surface area contributed by atoms with Crippen LogP contribution in [-0.2, 0) is 84.6 Å². The lowest BCUT2D eigenvalue weighted by Crippen LogP contribution is -2.42. The number of aryl methyl sites for hydroxylation is 9. The number of rotatable bonds is 9. The third kappa shape index (κ3) is 14.3. The molecule has 0 spiro atoms. The Labute approximate surface area is 605 Å². The van der Waals surface area contributed by atoms with E-state index in [2.05, 4.69) is 469 Å². The first-order chi connectivity index (χ1) is 50.0. The van der Waals surface area contributed by atoms with Gasteiger partial charge in [0.2, 0.25) is 5.52 Å². The SMILES string of the molecule is C[n+]1ccccc1-c1cccc(-c2c3ccccc3cc[n+]2C)[n+]1C.C[n+]1ccccc1-c1cccc(-c2cc3ccccc3c[n+]2C)[n+]1C.C[n+]1ccccc1-c1cccc(-c2ccc3ccccc3[n+]2C)[n+]1C.Cc1cc(-c2cccc(-c3cccc[n+]3C)[n+]2C)[n+](C)cc1-c1ccccc1. The van der Waals surface area contributed by atoms with Crippen LogP contribution >= 0.6 is 0 Å². The molecule has 0 fully saturated rings. The van der Waals surface area contributed by atoms with Crippen molar-refractivity contribution in [1.29, 1.82) is 0 Å². The van der Waals surface area contributed by atoms with Gasteiger partial charge in [0.25, 0.3) is 91.1 Å². The Hall–Kier alpha value is -12.5. The zero-order chi connectivity index (χ0) is 71.8. The van der Waals surface area contributed by atoms with Crippen molar-refractivity contribution in [2.24, 2.45) is 84.6 Å². The van der Waals surface area contributed by atoms with Crippen LogP contribution in [0.1, 0.15) is 5.56 Å². The largest absolute Gasteiger partial charge is 0.285 e. The number of hydrogen-bond donors (Lipinski definition) is 0. The molecule has 103 heavy (non-hydrogen) atoms.